The Bertz CT molecular complexity index is 338. The molecule has 0 spiro atoms. The molecule has 0 unspecified atom stereocenters. The van der Waals surface area contributed by atoms with Crippen molar-refractivity contribution in [2.75, 3.05) is 6.54 Å². The minimum absolute atomic E-state index is 0.201. The number of aryl methyl sites for hydroxylation is 1. The summed E-state index contributed by atoms with van der Waals surface area (Å²) in [6.07, 6.45) is 3.05. The summed E-state index contributed by atoms with van der Waals surface area (Å²) in [5, 5.41) is 0. The van der Waals surface area contributed by atoms with Gasteiger partial charge < -0.3 is 4.90 Å². The second kappa shape index (κ2) is 3.78. The van der Waals surface area contributed by atoms with Crippen LogP contribution in [0.4, 0.5) is 0 Å². The zero-order valence-corrected chi connectivity index (χ0v) is 8.31. The normalized spacial score (nSPS) is 21.2. The molecule has 2 rings (SSSR count). The van der Waals surface area contributed by atoms with Gasteiger partial charge in [0.05, 0.1) is 11.7 Å². The van der Waals surface area contributed by atoms with Crippen LogP contribution in [0, 0.1) is 6.92 Å². The van der Waals surface area contributed by atoms with Crippen LogP contribution >= 0.6 is 0 Å². The lowest BCUT2D eigenvalue weighted by molar-refractivity contribution is -0.119. The van der Waals surface area contributed by atoms with Gasteiger partial charge in [0.15, 0.2) is 0 Å². The number of amides is 1. The number of hydrogen-bond donors (Lipinski definition) is 0. The minimum Gasteiger partial charge on any atom is -0.337 e. The van der Waals surface area contributed by atoms with E-state index in [1.807, 2.05) is 30.0 Å². The molecule has 1 aromatic heterocycles. The lowest BCUT2D eigenvalue weighted by Gasteiger charge is -2.19. The first-order chi connectivity index (χ1) is 6.81. The average Bonchev–Trinajstić information content (AvgIpc) is 2.65. The van der Waals surface area contributed by atoms with E-state index in [9.17, 15) is 4.79 Å². The zero-order valence-electron chi connectivity index (χ0n) is 8.31. The Morgan fingerprint density at radius 2 is 2.43 bits per heavy atom. The van der Waals surface area contributed by atoms with Gasteiger partial charge >= 0.3 is 0 Å². The van der Waals surface area contributed by atoms with Crippen molar-refractivity contribution in [2.45, 2.75) is 25.8 Å². The number of pyridine rings is 1. The number of likely N-dealkylation sites (tertiary alicyclic amines) is 1. The van der Waals surface area contributed by atoms with Crippen molar-refractivity contribution in [3.8, 4) is 0 Å². The molecule has 0 N–H and O–H groups in total. The number of nitrogens with zero attached hydrogens (tertiary/aromatic N) is 2. The summed E-state index contributed by atoms with van der Waals surface area (Å²) in [5.41, 5.74) is 2.04. The molecule has 0 radical (unpaired) electrons. The monoisotopic (exact) mass is 190 g/mol. The fourth-order valence-electron chi connectivity index (χ4n) is 1.98. The van der Waals surface area contributed by atoms with Crippen LogP contribution in [0.1, 0.15) is 30.3 Å². The van der Waals surface area contributed by atoms with Crippen molar-refractivity contribution in [2.24, 2.45) is 0 Å². The van der Waals surface area contributed by atoms with E-state index < -0.39 is 0 Å². The Balaban J connectivity index is 2.25. The first-order valence-corrected chi connectivity index (χ1v) is 4.96. The first kappa shape index (κ1) is 9.19. The van der Waals surface area contributed by atoms with Crippen LogP contribution in [0.25, 0.3) is 0 Å². The molecule has 14 heavy (non-hydrogen) atoms. The van der Waals surface area contributed by atoms with Crippen molar-refractivity contribution >= 4 is 6.41 Å². The Morgan fingerprint density at radius 1 is 1.57 bits per heavy atom. The number of hydrogen-bond acceptors (Lipinski definition) is 2. The smallest absolute Gasteiger partial charge is 0.210 e. The largest absolute Gasteiger partial charge is 0.337 e. The van der Waals surface area contributed by atoms with Crippen LogP contribution in [-0.4, -0.2) is 22.8 Å². The molecular weight excluding hydrogens is 176 g/mol. The summed E-state index contributed by atoms with van der Waals surface area (Å²) in [7, 11) is 0. The van der Waals surface area contributed by atoms with E-state index >= 15 is 0 Å². The van der Waals surface area contributed by atoms with Gasteiger partial charge in [-0.3, -0.25) is 9.78 Å². The second-order valence-electron chi connectivity index (χ2n) is 3.71. The lowest BCUT2D eigenvalue weighted by Crippen LogP contribution is -2.21. The lowest BCUT2D eigenvalue weighted by atomic mass is 10.1. The van der Waals surface area contributed by atoms with Gasteiger partial charge in [0.2, 0.25) is 6.41 Å². The van der Waals surface area contributed by atoms with Crippen molar-refractivity contribution in [3.05, 3.63) is 29.6 Å². The van der Waals surface area contributed by atoms with Gasteiger partial charge in [-0.1, -0.05) is 6.07 Å². The van der Waals surface area contributed by atoms with Gasteiger partial charge in [-0.05, 0) is 31.9 Å². The van der Waals surface area contributed by atoms with E-state index in [1.54, 1.807) is 0 Å². The Kier molecular flexibility index (Phi) is 2.48. The molecule has 1 aliphatic heterocycles. The fourth-order valence-corrected chi connectivity index (χ4v) is 1.98. The van der Waals surface area contributed by atoms with Crippen LogP contribution in [0.3, 0.4) is 0 Å². The van der Waals surface area contributed by atoms with Crippen molar-refractivity contribution in [1.29, 1.82) is 0 Å². The zero-order chi connectivity index (χ0) is 9.97. The van der Waals surface area contributed by atoms with E-state index in [0.717, 1.165) is 37.2 Å². The third-order valence-corrected chi connectivity index (χ3v) is 2.68. The summed E-state index contributed by atoms with van der Waals surface area (Å²) >= 11 is 0. The predicted octanol–water partition coefficient (Wildman–Crippen LogP) is 1.68. The molecule has 3 nitrogen and oxygen atoms in total. The molecular formula is C11H14N2O. The van der Waals surface area contributed by atoms with E-state index in [2.05, 4.69) is 4.98 Å². The number of aromatic nitrogens is 1. The van der Waals surface area contributed by atoms with E-state index in [0.29, 0.717) is 0 Å². The molecule has 74 valence electrons. The van der Waals surface area contributed by atoms with Gasteiger partial charge in [0, 0.05) is 12.2 Å². The second-order valence-corrected chi connectivity index (χ2v) is 3.71. The van der Waals surface area contributed by atoms with Gasteiger partial charge in [0.25, 0.3) is 0 Å². The van der Waals surface area contributed by atoms with E-state index in [1.165, 1.54) is 0 Å². The fraction of sp³-hybridized carbons (Fsp3) is 0.455. The van der Waals surface area contributed by atoms with Crippen LogP contribution in [0.2, 0.25) is 0 Å². The van der Waals surface area contributed by atoms with Crippen molar-refractivity contribution in [1.82, 2.24) is 9.88 Å². The topological polar surface area (TPSA) is 33.2 Å². The van der Waals surface area contributed by atoms with Crippen LogP contribution in [-0.2, 0) is 4.79 Å². The number of rotatable bonds is 2. The maximum Gasteiger partial charge on any atom is 0.210 e. The Morgan fingerprint density at radius 3 is 3.14 bits per heavy atom. The van der Waals surface area contributed by atoms with Crippen LogP contribution in [0.15, 0.2) is 18.2 Å². The first-order valence-electron chi connectivity index (χ1n) is 4.96. The Hall–Kier alpha value is -1.38. The maximum atomic E-state index is 10.8. The summed E-state index contributed by atoms with van der Waals surface area (Å²) in [5.74, 6) is 0. The van der Waals surface area contributed by atoms with Crippen LogP contribution in [0.5, 0.6) is 0 Å². The highest BCUT2D eigenvalue weighted by Crippen LogP contribution is 2.28. The molecule has 3 heteroatoms. The third kappa shape index (κ3) is 1.62. The molecule has 1 atom stereocenters. The highest BCUT2D eigenvalue weighted by molar-refractivity contribution is 5.49. The third-order valence-electron chi connectivity index (χ3n) is 2.68. The summed E-state index contributed by atoms with van der Waals surface area (Å²) in [6, 6.07) is 6.18. The molecule has 1 saturated heterocycles. The van der Waals surface area contributed by atoms with Gasteiger partial charge in [-0.15, -0.1) is 0 Å². The van der Waals surface area contributed by atoms with E-state index in [-0.39, 0.29) is 6.04 Å². The molecule has 0 bridgehead atoms. The standard InChI is InChI=1S/C11H14N2O/c1-9-4-2-5-10(12-9)11-6-3-7-13(11)8-14/h2,4-5,8,11H,3,6-7H2,1H3/t11-/m1/s1. The maximum absolute atomic E-state index is 10.8. The molecule has 1 amide bonds. The Labute approximate surface area is 83.8 Å². The molecule has 0 aliphatic carbocycles. The summed E-state index contributed by atoms with van der Waals surface area (Å²) in [6.45, 7) is 2.84. The molecule has 1 fully saturated rings. The summed E-state index contributed by atoms with van der Waals surface area (Å²) in [4.78, 5) is 17.1. The number of carbonyl (C=O) groups excluding carboxylic acids is 1. The van der Waals surface area contributed by atoms with Gasteiger partial charge in [-0.25, -0.2) is 0 Å². The van der Waals surface area contributed by atoms with Gasteiger partial charge in [0.1, 0.15) is 0 Å². The molecule has 0 saturated carbocycles. The highest BCUT2D eigenvalue weighted by Gasteiger charge is 2.25. The van der Waals surface area contributed by atoms with Crippen molar-refractivity contribution in [3.63, 3.8) is 0 Å². The molecule has 1 aliphatic rings. The average molecular weight is 190 g/mol. The van der Waals surface area contributed by atoms with Gasteiger partial charge in [-0.2, -0.15) is 0 Å². The minimum atomic E-state index is 0.201. The number of carbonyl (C=O) groups is 1. The van der Waals surface area contributed by atoms with E-state index in [4.69, 9.17) is 0 Å². The SMILES string of the molecule is Cc1cccc([C@H]2CCCN2C=O)n1. The quantitative estimate of drug-likeness (QED) is 0.665. The van der Waals surface area contributed by atoms with Crippen molar-refractivity contribution < 1.29 is 4.79 Å². The van der Waals surface area contributed by atoms with Crippen LogP contribution < -0.4 is 0 Å². The predicted molar refractivity (Wildman–Crippen MR) is 53.7 cm³/mol. The molecule has 2 heterocycles. The summed E-state index contributed by atoms with van der Waals surface area (Å²) < 4.78 is 0. The molecule has 1 aromatic rings. The molecule has 0 aromatic carbocycles. The highest BCUT2D eigenvalue weighted by atomic mass is 16.1.